The summed E-state index contributed by atoms with van der Waals surface area (Å²) in [5.74, 6) is -1.80. The molecule has 2 aromatic heterocycles. The maximum atomic E-state index is 14.4. The van der Waals surface area contributed by atoms with Gasteiger partial charge in [-0.3, -0.25) is 0 Å². The minimum absolute atomic E-state index is 0.0768. The molecule has 5 nitrogen and oxygen atoms in total. The van der Waals surface area contributed by atoms with Crippen molar-refractivity contribution >= 4 is 11.3 Å². The summed E-state index contributed by atoms with van der Waals surface area (Å²) < 4.78 is 67.8. The molecule has 0 spiro atoms. The molecule has 0 saturated heterocycles. The second kappa shape index (κ2) is 9.16. The lowest BCUT2D eigenvalue weighted by atomic mass is 10.0. The number of anilines is 1. The molecule has 1 saturated carbocycles. The number of hydrogen-bond acceptors (Lipinski definition) is 4. The van der Waals surface area contributed by atoms with Crippen LogP contribution < -0.4 is 5.32 Å². The summed E-state index contributed by atoms with van der Waals surface area (Å²) in [6.07, 6.45) is -3.27. The largest absolute Gasteiger partial charge is 0.390 e. The Morgan fingerprint density at radius 2 is 1.92 bits per heavy atom. The zero-order chi connectivity index (χ0) is 25.6. The highest BCUT2D eigenvalue weighted by molar-refractivity contribution is 5.73. The van der Waals surface area contributed by atoms with E-state index >= 15 is 0 Å². The van der Waals surface area contributed by atoms with Gasteiger partial charge in [0, 0.05) is 17.7 Å². The Kier molecular flexibility index (Phi) is 6.15. The number of nitrogens with zero attached hydrogens (tertiary/aromatic N) is 3. The van der Waals surface area contributed by atoms with Gasteiger partial charge in [-0.2, -0.15) is 18.3 Å². The fraction of sp³-hybridized carbons (Fsp3) is 0.308. The number of rotatable bonds is 7. The molecular weight excluding hydrogens is 479 g/mol. The smallest absolute Gasteiger partial charge is 0.382 e. The van der Waals surface area contributed by atoms with E-state index in [-0.39, 0.29) is 22.6 Å². The predicted octanol–water partition coefficient (Wildman–Crippen LogP) is 6.31. The minimum atomic E-state index is -4.37. The lowest BCUT2D eigenvalue weighted by Crippen LogP contribution is -2.16. The number of halogens is 5. The molecule has 1 atom stereocenters. The fourth-order valence-corrected chi connectivity index (χ4v) is 4.37. The molecule has 188 valence electrons. The molecule has 2 aromatic carbocycles. The van der Waals surface area contributed by atoms with E-state index in [4.69, 9.17) is 0 Å². The van der Waals surface area contributed by atoms with Gasteiger partial charge in [0.1, 0.15) is 6.10 Å². The molecule has 36 heavy (non-hydrogen) atoms. The van der Waals surface area contributed by atoms with Crippen molar-refractivity contribution in [3.63, 3.8) is 0 Å². The summed E-state index contributed by atoms with van der Waals surface area (Å²) in [5, 5.41) is 18.0. The highest BCUT2D eigenvalue weighted by Gasteiger charge is 2.28. The van der Waals surface area contributed by atoms with Crippen molar-refractivity contribution in [2.75, 3.05) is 11.9 Å². The van der Waals surface area contributed by atoms with Gasteiger partial charge >= 0.3 is 6.18 Å². The van der Waals surface area contributed by atoms with Crippen LogP contribution in [0, 0.1) is 18.6 Å². The third kappa shape index (κ3) is 4.77. The van der Waals surface area contributed by atoms with E-state index in [0.717, 1.165) is 30.0 Å². The van der Waals surface area contributed by atoms with Crippen LogP contribution in [-0.4, -0.2) is 32.4 Å². The number of benzene rings is 2. The average Bonchev–Trinajstić information content (AvgIpc) is 3.57. The first-order valence-corrected chi connectivity index (χ1v) is 11.5. The molecule has 1 aliphatic rings. The number of aliphatic hydroxyl groups is 1. The van der Waals surface area contributed by atoms with E-state index in [1.807, 2.05) is 25.1 Å². The first kappa shape index (κ1) is 24.2. The number of aliphatic hydroxyl groups excluding tert-OH is 1. The topological polar surface area (TPSA) is 62.5 Å². The molecule has 4 aromatic rings. The van der Waals surface area contributed by atoms with Crippen LogP contribution in [0.2, 0.25) is 0 Å². The van der Waals surface area contributed by atoms with Gasteiger partial charge in [-0.15, -0.1) is 0 Å². The summed E-state index contributed by atoms with van der Waals surface area (Å²) in [7, 11) is 0. The van der Waals surface area contributed by atoms with Gasteiger partial charge in [0.15, 0.2) is 17.3 Å². The zero-order valence-corrected chi connectivity index (χ0v) is 19.3. The Bertz CT molecular complexity index is 1430. The molecule has 10 heteroatoms. The molecule has 1 aliphatic carbocycles. The van der Waals surface area contributed by atoms with Crippen molar-refractivity contribution in [2.24, 2.45) is 0 Å². The Morgan fingerprint density at radius 1 is 1.14 bits per heavy atom. The van der Waals surface area contributed by atoms with Crippen LogP contribution in [-0.2, 0) is 0 Å². The van der Waals surface area contributed by atoms with Crippen LogP contribution in [0.15, 0.2) is 48.7 Å². The number of aryl methyl sites for hydroxylation is 1. The summed E-state index contributed by atoms with van der Waals surface area (Å²) in [6.45, 7) is 1.57. The molecule has 1 unspecified atom stereocenters. The van der Waals surface area contributed by atoms with Gasteiger partial charge in [-0.25, -0.2) is 18.3 Å². The number of hydrogen-bond donors (Lipinski definition) is 2. The van der Waals surface area contributed by atoms with Gasteiger partial charge in [0.25, 0.3) is 0 Å². The van der Waals surface area contributed by atoms with Crippen LogP contribution in [0.5, 0.6) is 0 Å². The summed E-state index contributed by atoms with van der Waals surface area (Å²) in [6, 6.07) is 10.7. The third-order valence-electron chi connectivity index (χ3n) is 6.35. The maximum Gasteiger partial charge on any atom is 0.390 e. The van der Waals surface area contributed by atoms with E-state index in [0.29, 0.717) is 11.6 Å². The average molecular weight is 502 g/mol. The summed E-state index contributed by atoms with van der Waals surface area (Å²) in [4.78, 5) is 4.36. The van der Waals surface area contributed by atoms with Crippen molar-refractivity contribution in [3.05, 3.63) is 82.7 Å². The summed E-state index contributed by atoms with van der Waals surface area (Å²) >= 11 is 0. The SMILES string of the molecule is Cc1cc(-c2cnc3c(NCCC(F)(F)F)cc(C(O)c4cccc(F)c4F)nn23)ccc1C1CC1. The first-order chi connectivity index (χ1) is 17.1. The van der Waals surface area contributed by atoms with Gasteiger partial charge in [-0.05, 0) is 55.0 Å². The molecule has 0 amide bonds. The first-order valence-electron chi connectivity index (χ1n) is 11.5. The lowest BCUT2D eigenvalue weighted by molar-refractivity contribution is -0.131. The van der Waals surface area contributed by atoms with Crippen LogP contribution in [0.4, 0.5) is 27.6 Å². The van der Waals surface area contributed by atoms with Gasteiger partial charge < -0.3 is 10.4 Å². The molecule has 2 heterocycles. The molecule has 0 bridgehead atoms. The number of alkyl halides is 3. The lowest BCUT2D eigenvalue weighted by Gasteiger charge is -2.16. The molecule has 5 rings (SSSR count). The third-order valence-corrected chi connectivity index (χ3v) is 6.35. The molecule has 0 radical (unpaired) electrons. The van der Waals surface area contributed by atoms with Gasteiger partial charge in [0.05, 0.1) is 29.7 Å². The molecule has 1 fully saturated rings. The monoisotopic (exact) mass is 502 g/mol. The van der Waals surface area contributed by atoms with Gasteiger partial charge in [-0.1, -0.05) is 24.3 Å². The number of aromatic nitrogens is 3. The van der Waals surface area contributed by atoms with Crippen LogP contribution >= 0.6 is 0 Å². The highest BCUT2D eigenvalue weighted by atomic mass is 19.4. The summed E-state index contributed by atoms with van der Waals surface area (Å²) in [5.41, 5.74) is 3.70. The van der Waals surface area contributed by atoms with Crippen molar-refractivity contribution in [1.82, 2.24) is 14.6 Å². The maximum absolute atomic E-state index is 14.4. The number of fused-ring (bicyclic) bond motifs is 1. The Labute approximate surface area is 203 Å². The number of nitrogens with one attached hydrogen (secondary N) is 1. The minimum Gasteiger partial charge on any atom is -0.382 e. The fourth-order valence-electron chi connectivity index (χ4n) is 4.37. The second-order valence-electron chi connectivity index (χ2n) is 9.04. The molecular formula is C26H23F5N4O. The van der Waals surface area contributed by atoms with Crippen LogP contribution in [0.3, 0.4) is 0 Å². The van der Waals surface area contributed by atoms with E-state index in [1.165, 1.54) is 28.3 Å². The van der Waals surface area contributed by atoms with Crippen molar-refractivity contribution < 1.29 is 27.1 Å². The normalized spacial score (nSPS) is 14.9. The Morgan fingerprint density at radius 3 is 2.61 bits per heavy atom. The number of imidazole rings is 1. The van der Waals surface area contributed by atoms with Crippen molar-refractivity contribution in [1.29, 1.82) is 0 Å². The quantitative estimate of drug-likeness (QED) is 0.291. The van der Waals surface area contributed by atoms with Crippen molar-refractivity contribution in [2.45, 2.75) is 44.4 Å². The Balaban J connectivity index is 1.60. The van der Waals surface area contributed by atoms with Crippen molar-refractivity contribution in [3.8, 4) is 11.3 Å². The predicted molar refractivity (Wildman–Crippen MR) is 125 cm³/mol. The van der Waals surface area contributed by atoms with E-state index < -0.39 is 36.9 Å². The van der Waals surface area contributed by atoms with E-state index in [2.05, 4.69) is 15.4 Å². The molecule has 0 aliphatic heterocycles. The highest BCUT2D eigenvalue weighted by Crippen LogP contribution is 2.42. The van der Waals surface area contributed by atoms with Crippen LogP contribution in [0.1, 0.15) is 53.7 Å². The Hall–Kier alpha value is -3.53. The van der Waals surface area contributed by atoms with Gasteiger partial charge in [0.2, 0.25) is 0 Å². The van der Waals surface area contributed by atoms with Crippen LogP contribution in [0.25, 0.3) is 16.9 Å². The zero-order valence-electron chi connectivity index (χ0n) is 19.3. The van der Waals surface area contributed by atoms with E-state index in [9.17, 15) is 27.1 Å². The molecule has 2 N–H and O–H groups in total. The second-order valence-corrected chi connectivity index (χ2v) is 9.04. The van der Waals surface area contributed by atoms with E-state index in [1.54, 1.807) is 6.20 Å². The standard InChI is InChI=1S/C26H23F5N4O/c1-14-11-16(7-8-17(14)15-5-6-15)22-13-33-25-21(32-10-9-26(29,30)31)12-20(34-35(22)25)24(36)18-3-2-4-19(27)23(18)28/h2-4,7-8,11-13,15,24,32,36H,5-6,9-10H2,1H3.